The molecule has 4 heteroatoms. The number of amides is 1. The molecule has 1 fully saturated rings. The van der Waals surface area contributed by atoms with Crippen LogP contribution in [0, 0.1) is 5.92 Å². The SMILES string of the molecule is O=C1CC(CO)CN1c1ccccc1Cl. The minimum Gasteiger partial charge on any atom is -0.396 e. The lowest BCUT2D eigenvalue weighted by molar-refractivity contribution is -0.117. The summed E-state index contributed by atoms with van der Waals surface area (Å²) >= 11 is 6.00. The topological polar surface area (TPSA) is 40.5 Å². The van der Waals surface area contributed by atoms with Gasteiger partial charge in [0, 0.05) is 25.5 Å². The lowest BCUT2D eigenvalue weighted by Gasteiger charge is -2.17. The van der Waals surface area contributed by atoms with Crippen LogP contribution in [0.2, 0.25) is 5.02 Å². The molecule has 0 radical (unpaired) electrons. The Bertz CT molecular complexity index is 381. The summed E-state index contributed by atoms with van der Waals surface area (Å²) in [5, 5.41) is 9.58. The van der Waals surface area contributed by atoms with Crippen molar-refractivity contribution < 1.29 is 9.90 Å². The van der Waals surface area contributed by atoms with Crippen molar-refractivity contribution in [2.75, 3.05) is 18.1 Å². The number of nitrogens with zero attached hydrogens (tertiary/aromatic N) is 1. The van der Waals surface area contributed by atoms with Crippen molar-refractivity contribution in [1.82, 2.24) is 0 Å². The molecule has 1 amide bonds. The predicted molar refractivity (Wildman–Crippen MR) is 59.0 cm³/mol. The van der Waals surface area contributed by atoms with Crippen molar-refractivity contribution in [3.63, 3.8) is 0 Å². The first-order valence-corrected chi connectivity index (χ1v) is 5.26. The number of benzene rings is 1. The number of rotatable bonds is 2. The van der Waals surface area contributed by atoms with Crippen LogP contribution in [-0.4, -0.2) is 24.2 Å². The molecule has 2 rings (SSSR count). The molecule has 1 saturated heterocycles. The van der Waals surface area contributed by atoms with Gasteiger partial charge >= 0.3 is 0 Å². The summed E-state index contributed by atoms with van der Waals surface area (Å²) in [5.41, 5.74) is 0.736. The van der Waals surface area contributed by atoms with Crippen LogP contribution < -0.4 is 4.90 Å². The zero-order valence-electron chi connectivity index (χ0n) is 8.19. The third-order valence-electron chi connectivity index (χ3n) is 2.61. The molecule has 3 nitrogen and oxygen atoms in total. The zero-order valence-corrected chi connectivity index (χ0v) is 8.94. The van der Waals surface area contributed by atoms with Gasteiger partial charge in [-0.05, 0) is 12.1 Å². The third kappa shape index (κ3) is 1.98. The van der Waals surface area contributed by atoms with E-state index >= 15 is 0 Å². The molecular formula is C11H12ClNO2. The molecule has 1 N–H and O–H groups in total. The van der Waals surface area contributed by atoms with Gasteiger partial charge in [-0.2, -0.15) is 0 Å². The Morgan fingerprint density at radius 1 is 1.47 bits per heavy atom. The average Bonchev–Trinajstić information content (AvgIpc) is 2.60. The van der Waals surface area contributed by atoms with Crippen LogP contribution in [0.1, 0.15) is 6.42 Å². The Kier molecular flexibility index (Phi) is 2.93. The van der Waals surface area contributed by atoms with Crippen LogP contribution in [0.4, 0.5) is 5.69 Å². The van der Waals surface area contributed by atoms with Gasteiger partial charge in [0.2, 0.25) is 5.91 Å². The fourth-order valence-electron chi connectivity index (χ4n) is 1.81. The van der Waals surface area contributed by atoms with Crippen molar-refractivity contribution in [1.29, 1.82) is 0 Å². The monoisotopic (exact) mass is 225 g/mol. The summed E-state index contributed by atoms with van der Waals surface area (Å²) in [7, 11) is 0. The van der Waals surface area contributed by atoms with E-state index in [0.717, 1.165) is 5.69 Å². The minimum atomic E-state index is 0.0298. The minimum absolute atomic E-state index is 0.0298. The fraction of sp³-hybridized carbons (Fsp3) is 0.364. The number of anilines is 1. The van der Waals surface area contributed by atoms with Gasteiger partial charge in [-0.1, -0.05) is 23.7 Å². The highest BCUT2D eigenvalue weighted by atomic mass is 35.5. The Morgan fingerprint density at radius 2 is 2.20 bits per heavy atom. The van der Waals surface area contributed by atoms with Crippen LogP contribution in [0.3, 0.4) is 0 Å². The maximum absolute atomic E-state index is 11.7. The summed E-state index contributed by atoms with van der Waals surface area (Å²) in [6, 6.07) is 7.26. The molecule has 0 bridgehead atoms. The molecule has 0 aliphatic carbocycles. The van der Waals surface area contributed by atoms with Gasteiger partial charge in [-0.15, -0.1) is 0 Å². The van der Waals surface area contributed by atoms with Crippen LogP contribution in [0.5, 0.6) is 0 Å². The highest BCUT2D eigenvalue weighted by Crippen LogP contribution is 2.30. The lowest BCUT2D eigenvalue weighted by Crippen LogP contribution is -2.25. The summed E-state index contributed by atoms with van der Waals surface area (Å²) < 4.78 is 0. The first-order valence-electron chi connectivity index (χ1n) is 4.88. The number of aliphatic hydroxyl groups excluding tert-OH is 1. The van der Waals surface area contributed by atoms with Crippen LogP contribution in [0.15, 0.2) is 24.3 Å². The fourth-order valence-corrected chi connectivity index (χ4v) is 2.05. The van der Waals surface area contributed by atoms with E-state index < -0.39 is 0 Å². The smallest absolute Gasteiger partial charge is 0.227 e. The molecule has 1 atom stereocenters. The predicted octanol–water partition coefficient (Wildman–Crippen LogP) is 1.69. The Morgan fingerprint density at radius 3 is 2.80 bits per heavy atom. The Labute approximate surface area is 93.3 Å². The molecule has 0 spiro atoms. The lowest BCUT2D eigenvalue weighted by atomic mass is 10.1. The number of carbonyl (C=O) groups excluding carboxylic acids is 1. The van der Waals surface area contributed by atoms with Gasteiger partial charge in [0.15, 0.2) is 0 Å². The van der Waals surface area contributed by atoms with Gasteiger partial charge in [0.25, 0.3) is 0 Å². The van der Waals surface area contributed by atoms with Crippen LogP contribution in [0.25, 0.3) is 0 Å². The molecule has 1 heterocycles. The maximum atomic E-state index is 11.7. The quantitative estimate of drug-likeness (QED) is 0.832. The third-order valence-corrected chi connectivity index (χ3v) is 2.93. The number of hydrogen-bond donors (Lipinski definition) is 1. The van der Waals surface area contributed by atoms with Gasteiger partial charge in [-0.25, -0.2) is 0 Å². The molecule has 1 aromatic carbocycles. The van der Waals surface area contributed by atoms with E-state index in [1.165, 1.54) is 0 Å². The zero-order chi connectivity index (χ0) is 10.8. The molecule has 0 saturated carbocycles. The van der Waals surface area contributed by atoms with E-state index in [0.29, 0.717) is 18.0 Å². The molecule has 1 aromatic rings. The standard InChI is InChI=1S/C11H12ClNO2/c12-9-3-1-2-4-10(9)13-6-8(7-14)5-11(13)15/h1-4,8,14H,5-7H2. The molecule has 80 valence electrons. The van der Waals surface area contributed by atoms with Crippen LogP contribution in [-0.2, 0) is 4.79 Å². The highest BCUT2D eigenvalue weighted by Gasteiger charge is 2.30. The van der Waals surface area contributed by atoms with Crippen LogP contribution >= 0.6 is 11.6 Å². The number of carbonyl (C=O) groups is 1. The highest BCUT2D eigenvalue weighted by molar-refractivity contribution is 6.33. The second-order valence-electron chi connectivity index (χ2n) is 3.71. The van der Waals surface area contributed by atoms with Gasteiger partial charge in [0.05, 0.1) is 10.7 Å². The molecule has 1 unspecified atom stereocenters. The molecule has 1 aliphatic heterocycles. The van der Waals surface area contributed by atoms with Gasteiger partial charge in [0.1, 0.15) is 0 Å². The molecule has 15 heavy (non-hydrogen) atoms. The summed E-state index contributed by atoms with van der Waals surface area (Å²) in [5.74, 6) is 0.0657. The number of halogens is 1. The summed E-state index contributed by atoms with van der Waals surface area (Å²) in [4.78, 5) is 13.3. The van der Waals surface area contributed by atoms with Crippen molar-refractivity contribution in [3.8, 4) is 0 Å². The number of aliphatic hydroxyl groups is 1. The molecule has 0 aromatic heterocycles. The van der Waals surface area contributed by atoms with E-state index in [1.54, 1.807) is 11.0 Å². The van der Waals surface area contributed by atoms with E-state index in [-0.39, 0.29) is 18.4 Å². The van der Waals surface area contributed by atoms with Crippen molar-refractivity contribution >= 4 is 23.2 Å². The molecular weight excluding hydrogens is 214 g/mol. The Balaban J connectivity index is 2.25. The number of hydrogen-bond acceptors (Lipinski definition) is 2. The van der Waals surface area contributed by atoms with E-state index in [4.69, 9.17) is 16.7 Å². The van der Waals surface area contributed by atoms with Gasteiger partial charge < -0.3 is 10.0 Å². The largest absolute Gasteiger partial charge is 0.396 e. The van der Waals surface area contributed by atoms with E-state index in [2.05, 4.69) is 0 Å². The second kappa shape index (κ2) is 4.21. The van der Waals surface area contributed by atoms with Gasteiger partial charge in [-0.3, -0.25) is 4.79 Å². The number of para-hydroxylation sites is 1. The van der Waals surface area contributed by atoms with Crippen molar-refractivity contribution in [2.24, 2.45) is 5.92 Å². The maximum Gasteiger partial charge on any atom is 0.227 e. The average molecular weight is 226 g/mol. The van der Waals surface area contributed by atoms with Crippen molar-refractivity contribution in [2.45, 2.75) is 6.42 Å². The van der Waals surface area contributed by atoms with E-state index in [1.807, 2.05) is 18.2 Å². The summed E-state index contributed by atoms with van der Waals surface area (Å²) in [6.07, 6.45) is 0.404. The molecule has 1 aliphatic rings. The first kappa shape index (κ1) is 10.5. The Hall–Kier alpha value is -1.06. The normalized spacial score (nSPS) is 21.1. The first-order chi connectivity index (χ1) is 7.22. The van der Waals surface area contributed by atoms with Crippen molar-refractivity contribution in [3.05, 3.63) is 29.3 Å². The second-order valence-corrected chi connectivity index (χ2v) is 4.12. The van der Waals surface area contributed by atoms with E-state index in [9.17, 15) is 4.79 Å². The summed E-state index contributed by atoms with van der Waals surface area (Å²) in [6.45, 7) is 0.603.